The molecule has 2 N–H and O–H groups in total. The summed E-state index contributed by atoms with van der Waals surface area (Å²) in [4.78, 5) is 6.69. The average Bonchev–Trinajstić information content (AvgIpc) is 2.49. The molecule has 0 saturated carbocycles. The monoisotopic (exact) mass is 271 g/mol. The van der Waals surface area contributed by atoms with E-state index >= 15 is 0 Å². The van der Waals surface area contributed by atoms with Crippen molar-refractivity contribution in [2.24, 2.45) is 5.92 Å². The molecular formula is C16H21N3O. The van der Waals surface area contributed by atoms with Crippen molar-refractivity contribution in [3.05, 3.63) is 30.6 Å². The number of piperidine rings is 1. The highest BCUT2D eigenvalue weighted by molar-refractivity contribution is 6.00. The Morgan fingerprint density at radius 3 is 2.80 bits per heavy atom. The smallest absolute Gasteiger partial charge is 0.0491 e. The summed E-state index contributed by atoms with van der Waals surface area (Å²) in [6, 6.07) is 6.11. The van der Waals surface area contributed by atoms with E-state index in [4.69, 9.17) is 10.5 Å². The zero-order valence-electron chi connectivity index (χ0n) is 11.9. The van der Waals surface area contributed by atoms with Crippen LogP contribution in [0.4, 0.5) is 11.4 Å². The molecule has 1 fully saturated rings. The van der Waals surface area contributed by atoms with Crippen molar-refractivity contribution in [3.8, 4) is 0 Å². The molecule has 0 aliphatic carbocycles. The zero-order valence-corrected chi connectivity index (χ0v) is 11.9. The molecule has 20 heavy (non-hydrogen) atoms. The molecular weight excluding hydrogens is 250 g/mol. The molecule has 1 aromatic carbocycles. The van der Waals surface area contributed by atoms with Crippen LogP contribution < -0.4 is 10.6 Å². The molecule has 0 spiro atoms. The number of aromatic nitrogens is 1. The maximum absolute atomic E-state index is 6.05. The number of nitrogens with zero attached hydrogens (tertiary/aromatic N) is 2. The average molecular weight is 271 g/mol. The van der Waals surface area contributed by atoms with Crippen molar-refractivity contribution in [2.45, 2.75) is 12.8 Å². The second-order valence-electron chi connectivity index (χ2n) is 5.48. The zero-order chi connectivity index (χ0) is 13.9. The normalized spacial score (nSPS) is 16.8. The number of pyridine rings is 1. The number of anilines is 2. The van der Waals surface area contributed by atoms with E-state index in [1.54, 1.807) is 13.3 Å². The fraction of sp³-hybridized carbons (Fsp3) is 0.438. The number of methoxy groups -OCH3 is 1. The minimum absolute atomic E-state index is 0.689. The summed E-state index contributed by atoms with van der Waals surface area (Å²) in [6.45, 7) is 3.02. The number of nitrogen functional groups attached to an aromatic ring is 1. The topological polar surface area (TPSA) is 51.4 Å². The van der Waals surface area contributed by atoms with E-state index < -0.39 is 0 Å². The van der Waals surface area contributed by atoms with Crippen LogP contribution in [0.2, 0.25) is 0 Å². The Kier molecular flexibility index (Phi) is 3.74. The second kappa shape index (κ2) is 5.67. The fourth-order valence-electron chi connectivity index (χ4n) is 3.05. The molecule has 2 aromatic rings. The number of hydrogen-bond acceptors (Lipinski definition) is 4. The lowest BCUT2D eigenvalue weighted by molar-refractivity contribution is 0.139. The van der Waals surface area contributed by atoms with Crippen molar-refractivity contribution < 1.29 is 4.74 Å². The van der Waals surface area contributed by atoms with Gasteiger partial charge in [-0.15, -0.1) is 0 Å². The summed E-state index contributed by atoms with van der Waals surface area (Å²) in [5.41, 5.74) is 8.12. The summed E-state index contributed by atoms with van der Waals surface area (Å²) < 4.78 is 5.26. The molecule has 0 atom stereocenters. The van der Waals surface area contributed by atoms with E-state index in [-0.39, 0.29) is 0 Å². The number of ether oxygens (including phenoxy) is 1. The first-order valence-electron chi connectivity index (χ1n) is 7.15. The van der Waals surface area contributed by atoms with Crippen molar-refractivity contribution in [2.75, 3.05) is 37.4 Å². The van der Waals surface area contributed by atoms with Gasteiger partial charge in [-0.05, 0) is 37.0 Å². The minimum Gasteiger partial charge on any atom is -0.398 e. The molecule has 2 heterocycles. The summed E-state index contributed by atoms with van der Waals surface area (Å²) in [7, 11) is 1.78. The standard InChI is InChI=1S/C16H21N3O/c1-20-11-12-5-8-19(9-6-12)16-3-2-15(17)13-4-7-18-10-14(13)16/h2-4,7,10,12H,5-6,8-9,11,17H2,1H3. The van der Waals surface area contributed by atoms with Crippen LogP contribution >= 0.6 is 0 Å². The maximum Gasteiger partial charge on any atom is 0.0491 e. The van der Waals surface area contributed by atoms with Crippen LogP contribution in [-0.2, 0) is 4.74 Å². The maximum atomic E-state index is 6.05. The van der Waals surface area contributed by atoms with Gasteiger partial charge in [0, 0.05) is 61.3 Å². The van der Waals surface area contributed by atoms with E-state index in [9.17, 15) is 0 Å². The molecule has 0 unspecified atom stereocenters. The second-order valence-corrected chi connectivity index (χ2v) is 5.48. The first-order valence-corrected chi connectivity index (χ1v) is 7.15. The van der Waals surface area contributed by atoms with Gasteiger partial charge in [-0.2, -0.15) is 0 Å². The number of rotatable bonds is 3. The Hall–Kier alpha value is -1.81. The quantitative estimate of drug-likeness (QED) is 0.872. The molecule has 1 aliphatic rings. The van der Waals surface area contributed by atoms with Crippen LogP contribution in [0.15, 0.2) is 30.6 Å². The number of fused-ring (bicyclic) bond motifs is 1. The molecule has 106 valence electrons. The van der Waals surface area contributed by atoms with Crippen molar-refractivity contribution in [3.63, 3.8) is 0 Å². The molecule has 1 aromatic heterocycles. The predicted molar refractivity (Wildman–Crippen MR) is 83.0 cm³/mol. The summed E-state index contributed by atoms with van der Waals surface area (Å²) in [5, 5.41) is 2.24. The number of nitrogens with two attached hydrogens (primary N) is 1. The number of hydrogen-bond donors (Lipinski definition) is 1. The lowest BCUT2D eigenvalue weighted by atomic mass is 9.96. The van der Waals surface area contributed by atoms with Crippen LogP contribution in [0, 0.1) is 5.92 Å². The predicted octanol–water partition coefficient (Wildman–Crippen LogP) is 2.68. The molecule has 4 heteroatoms. The minimum atomic E-state index is 0.689. The van der Waals surface area contributed by atoms with Crippen LogP contribution in [-0.4, -0.2) is 31.8 Å². The molecule has 0 radical (unpaired) electrons. The Morgan fingerprint density at radius 1 is 1.25 bits per heavy atom. The molecule has 4 nitrogen and oxygen atoms in total. The van der Waals surface area contributed by atoms with Gasteiger partial charge in [0.05, 0.1) is 0 Å². The van der Waals surface area contributed by atoms with E-state index in [0.717, 1.165) is 36.2 Å². The van der Waals surface area contributed by atoms with E-state index in [2.05, 4.69) is 16.0 Å². The van der Waals surface area contributed by atoms with Gasteiger partial charge < -0.3 is 15.4 Å². The molecule has 0 amide bonds. The molecule has 3 rings (SSSR count). The summed E-state index contributed by atoms with van der Waals surface area (Å²) >= 11 is 0. The van der Waals surface area contributed by atoms with E-state index in [1.165, 1.54) is 18.5 Å². The van der Waals surface area contributed by atoms with Crippen LogP contribution in [0.25, 0.3) is 10.8 Å². The Balaban J connectivity index is 1.87. The highest BCUT2D eigenvalue weighted by Gasteiger charge is 2.20. The first-order chi connectivity index (χ1) is 9.79. The summed E-state index contributed by atoms with van der Waals surface area (Å²) in [5.74, 6) is 0.689. The van der Waals surface area contributed by atoms with Gasteiger partial charge >= 0.3 is 0 Å². The summed E-state index contributed by atoms with van der Waals surface area (Å²) in [6.07, 6.45) is 6.08. The third kappa shape index (κ3) is 2.43. The SMILES string of the molecule is COCC1CCN(c2ccc(N)c3ccncc23)CC1. The van der Waals surface area contributed by atoms with Gasteiger partial charge in [0.1, 0.15) is 0 Å². The van der Waals surface area contributed by atoms with Gasteiger partial charge in [0.2, 0.25) is 0 Å². The van der Waals surface area contributed by atoms with E-state index in [1.807, 2.05) is 18.3 Å². The molecule has 1 saturated heterocycles. The van der Waals surface area contributed by atoms with Crippen LogP contribution in [0.3, 0.4) is 0 Å². The largest absolute Gasteiger partial charge is 0.398 e. The Morgan fingerprint density at radius 2 is 2.05 bits per heavy atom. The van der Waals surface area contributed by atoms with Gasteiger partial charge in [-0.3, -0.25) is 4.98 Å². The number of benzene rings is 1. The van der Waals surface area contributed by atoms with Gasteiger partial charge in [0.15, 0.2) is 0 Å². The lowest BCUT2D eigenvalue weighted by Gasteiger charge is -2.34. The molecule has 1 aliphatic heterocycles. The highest BCUT2D eigenvalue weighted by Crippen LogP contribution is 2.32. The van der Waals surface area contributed by atoms with Gasteiger partial charge in [-0.1, -0.05) is 0 Å². The highest BCUT2D eigenvalue weighted by atomic mass is 16.5. The van der Waals surface area contributed by atoms with Crippen LogP contribution in [0.1, 0.15) is 12.8 Å². The van der Waals surface area contributed by atoms with Crippen LogP contribution in [0.5, 0.6) is 0 Å². The third-order valence-corrected chi connectivity index (χ3v) is 4.19. The van der Waals surface area contributed by atoms with Gasteiger partial charge in [-0.25, -0.2) is 0 Å². The third-order valence-electron chi connectivity index (χ3n) is 4.19. The Labute approximate surface area is 119 Å². The lowest BCUT2D eigenvalue weighted by Crippen LogP contribution is -2.35. The van der Waals surface area contributed by atoms with E-state index in [0.29, 0.717) is 5.92 Å². The molecule has 0 bridgehead atoms. The van der Waals surface area contributed by atoms with Gasteiger partial charge in [0.25, 0.3) is 0 Å². The van der Waals surface area contributed by atoms with Crippen molar-refractivity contribution in [1.29, 1.82) is 0 Å². The fourth-order valence-corrected chi connectivity index (χ4v) is 3.05. The van der Waals surface area contributed by atoms with Crippen molar-refractivity contribution >= 4 is 22.1 Å². The Bertz CT molecular complexity index is 591. The van der Waals surface area contributed by atoms with Crippen molar-refractivity contribution in [1.82, 2.24) is 4.98 Å². The first kappa shape index (κ1) is 13.2.